The molecule has 0 bridgehead atoms. The summed E-state index contributed by atoms with van der Waals surface area (Å²) in [6, 6.07) is 22.6. The van der Waals surface area contributed by atoms with Crippen LogP contribution in [0.15, 0.2) is 101 Å². The summed E-state index contributed by atoms with van der Waals surface area (Å²) in [5.41, 5.74) is 10.4. The number of aryl methyl sites for hydroxylation is 1. The molecule has 13 heteroatoms. The quantitative estimate of drug-likeness (QED) is 0.0388. The van der Waals surface area contributed by atoms with Gasteiger partial charge in [0.15, 0.2) is 17.4 Å². The number of aromatic nitrogens is 4. The lowest BCUT2D eigenvalue weighted by molar-refractivity contribution is 0.397. The molecule has 4 aromatic carbocycles. The molecule has 1 atom stereocenters. The van der Waals surface area contributed by atoms with Gasteiger partial charge in [-0.2, -0.15) is 5.10 Å². The Morgan fingerprint density at radius 1 is 0.981 bits per heavy atom. The van der Waals surface area contributed by atoms with Crippen molar-refractivity contribution in [2.75, 3.05) is 0 Å². The van der Waals surface area contributed by atoms with E-state index in [-0.39, 0.29) is 50.8 Å². The summed E-state index contributed by atoms with van der Waals surface area (Å²) in [6.07, 6.45) is 10.4. The van der Waals surface area contributed by atoms with Crippen LogP contribution in [0.2, 0.25) is 0 Å². The second kappa shape index (κ2) is 15.2. The maximum absolute atomic E-state index is 16.0. The zero-order chi connectivity index (χ0) is 38.7. The molecular formula is C41H39F2N7O3S. The molecule has 0 saturated heterocycles. The van der Waals surface area contributed by atoms with Crippen LogP contribution in [-0.2, 0) is 22.0 Å². The van der Waals surface area contributed by atoms with Crippen LogP contribution in [0.4, 0.5) is 8.78 Å². The summed E-state index contributed by atoms with van der Waals surface area (Å²) in [5, 5.41) is 11.4. The van der Waals surface area contributed by atoms with Crippen molar-refractivity contribution in [3.63, 3.8) is 0 Å². The number of nitrogens with zero attached hydrogens (tertiary/aromatic N) is 6. The van der Waals surface area contributed by atoms with Crippen molar-refractivity contribution < 1.29 is 21.9 Å². The van der Waals surface area contributed by atoms with Crippen LogP contribution in [0.1, 0.15) is 69.0 Å². The lowest BCUT2D eigenvalue weighted by atomic mass is 9.76. The van der Waals surface area contributed by atoms with Gasteiger partial charge in [-0.25, -0.2) is 26.2 Å². The summed E-state index contributed by atoms with van der Waals surface area (Å²) >= 11 is 0. The summed E-state index contributed by atoms with van der Waals surface area (Å²) < 4.78 is 65.6. The summed E-state index contributed by atoms with van der Waals surface area (Å²) in [5.74, 6) is 1.66. The molecule has 0 saturated carbocycles. The van der Waals surface area contributed by atoms with Gasteiger partial charge in [0.1, 0.15) is 17.4 Å². The fourth-order valence-electron chi connectivity index (χ4n) is 6.49. The molecule has 0 spiro atoms. The minimum atomic E-state index is -4.11. The van der Waals surface area contributed by atoms with Crippen LogP contribution in [-0.4, -0.2) is 27.6 Å². The average Bonchev–Trinajstić information content (AvgIpc) is 3.83. The molecule has 1 N–H and O–H groups in total. The number of halogens is 2. The number of rotatable bonds is 14. The monoisotopic (exact) mass is 747 g/mol. The second-order valence-corrected chi connectivity index (χ2v) is 15.9. The first kappa shape index (κ1) is 37.8. The Hall–Kier alpha value is -5.96. The van der Waals surface area contributed by atoms with Crippen LogP contribution < -0.4 is 4.74 Å². The normalized spacial score (nSPS) is 12.9. The lowest BCUT2D eigenvalue weighted by Gasteiger charge is -2.28. The molecule has 2 heterocycles. The fraction of sp³-hybridized carbons (Fsp3) is 0.268. The Balaban J connectivity index is 1.34. The van der Waals surface area contributed by atoms with Crippen LogP contribution in [0.3, 0.4) is 0 Å². The first-order valence-corrected chi connectivity index (χ1v) is 18.8. The maximum Gasteiger partial charge on any atom is 0.268 e. The van der Waals surface area contributed by atoms with Gasteiger partial charge >= 0.3 is 0 Å². The average molecular weight is 748 g/mol. The van der Waals surface area contributed by atoms with Gasteiger partial charge in [-0.1, -0.05) is 66.0 Å². The molecule has 0 amide bonds. The number of aromatic amines is 1. The molecule has 1 unspecified atom stereocenters. The van der Waals surface area contributed by atoms with Crippen molar-refractivity contribution in [2.24, 2.45) is 10.5 Å². The third-order valence-corrected chi connectivity index (χ3v) is 11.5. The summed E-state index contributed by atoms with van der Waals surface area (Å²) in [7, 11) is -4.11. The summed E-state index contributed by atoms with van der Waals surface area (Å²) in [6.45, 7) is 7.64. The van der Waals surface area contributed by atoms with E-state index < -0.39 is 27.1 Å². The molecule has 0 radical (unpaired) electrons. The minimum absolute atomic E-state index is 0.00890. The van der Waals surface area contributed by atoms with E-state index in [1.165, 1.54) is 42.6 Å². The number of H-pyrrole nitrogens is 1. The number of benzene rings is 4. The Morgan fingerprint density at radius 2 is 1.70 bits per heavy atom. The van der Waals surface area contributed by atoms with Gasteiger partial charge in [0, 0.05) is 33.5 Å². The van der Waals surface area contributed by atoms with Crippen LogP contribution in [0, 0.1) is 36.3 Å². The number of hydrogen-bond acceptors (Lipinski definition) is 6. The van der Waals surface area contributed by atoms with E-state index in [0.717, 1.165) is 46.8 Å². The van der Waals surface area contributed by atoms with Gasteiger partial charge in [0.25, 0.3) is 10.0 Å². The second-order valence-electron chi connectivity index (χ2n) is 14.1. The minimum Gasteiger partial charge on any atom is -0.454 e. The van der Waals surface area contributed by atoms with Gasteiger partial charge in [-0.15, -0.1) is 12.3 Å². The Morgan fingerprint density at radius 3 is 2.41 bits per heavy atom. The molecule has 0 aliphatic rings. The molecule has 0 aliphatic heterocycles. The van der Waals surface area contributed by atoms with Crippen LogP contribution in [0.25, 0.3) is 32.7 Å². The van der Waals surface area contributed by atoms with Crippen molar-refractivity contribution in [1.29, 1.82) is 0 Å². The van der Waals surface area contributed by atoms with Crippen molar-refractivity contribution in [3.8, 4) is 35.2 Å². The first-order chi connectivity index (χ1) is 25.8. The Bertz CT molecular complexity index is 2520. The lowest BCUT2D eigenvalue weighted by Crippen LogP contribution is -2.25. The molecule has 0 fully saturated rings. The van der Waals surface area contributed by atoms with Gasteiger partial charge in [-0.05, 0) is 88.0 Å². The standard InChI is InChI=1S/C41H39F2N7O3S/c1-6-40(3,4)21-10-11-22-41(5,28-12-8-7-9-13-28)39-46-38(47-48-39)32-24-29(16-19-34(32)42)53-37-33(26-45-49-44)31-20-23-50(36(31)25-35(37)43)54(51,52)30-17-14-27(2)15-18-30/h1,7-9,12-20,23-25H,10-11,21-22,26H2,2-5H3,(H,46,47,48). The molecule has 0 aliphatic carbocycles. The largest absolute Gasteiger partial charge is 0.454 e. The van der Waals surface area contributed by atoms with Crippen LogP contribution >= 0.6 is 0 Å². The molecule has 6 rings (SSSR count). The van der Waals surface area contributed by atoms with Crippen molar-refractivity contribution in [3.05, 3.63) is 136 Å². The summed E-state index contributed by atoms with van der Waals surface area (Å²) in [4.78, 5) is 7.61. The van der Waals surface area contributed by atoms with Crippen molar-refractivity contribution in [1.82, 2.24) is 19.2 Å². The zero-order valence-corrected chi connectivity index (χ0v) is 31.2. The molecule has 2 aromatic heterocycles. The van der Waals surface area contributed by atoms with E-state index >= 15 is 8.78 Å². The van der Waals surface area contributed by atoms with Gasteiger partial charge in [-0.3, -0.25) is 5.10 Å². The highest BCUT2D eigenvalue weighted by Gasteiger charge is 2.33. The highest BCUT2D eigenvalue weighted by Crippen LogP contribution is 2.40. The van der Waals surface area contributed by atoms with E-state index in [1.807, 2.05) is 51.1 Å². The number of unbranched alkanes of at least 4 members (excludes halogenated alkanes) is 1. The number of nitrogens with one attached hydrogen (secondary N) is 1. The SMILES string of the molecule is C#CC(C)(C)CCCCC(C)(c1ccccc1)c1nc(-c2cc(Oc3c(F)cc4c(ccn4S(=O)(=O)c4ccc(C)cc4)c3CN=[N+]=[N-])ccc2F)n[nH]1. The van der Waals surface area contributed by atoms with Crippen molar-refractivity contribution >= 4 is 20.9 Å². The van der Waals surface area contributed by atoms with E-state index in [2.05, 4.69) is 33.1 Å². The van der Waals surface area contributed by atoms with Crippen molar-refractivity contribution in [2.45, 2.75) is 70.2 Å². The van der Waals surface area contributed by atoms with E-state index in [4.69, 9.17) is 21.7 Å². The highest BCUT2D eigenvalue weighted by molar-refractivity contribution is 7.90. The number of terminal acetylenes is 1. The van der Waals surface area contributed by atoms with Crippen LogP contribution in [0.5, 0.6) is 11.5 Å². The van der Waals surface area contributed by atoms with E-state index in [9.17, 15) is 8.42 Å². The smallest absolute Gasteiger partial charge is 0.268 e. The maximum atomic E-state index is 16.0. The number of azide groups is 1. The zero-order valence-electron chi connectivity index (χ0n) is 30.3. The number of hydrogen-bond donors (Lipinski definition) is 1. The van der Waals surface area contributed by atoms with Gasteiger partial charge < -0.3 is 4.74 Å². The molecular weight excluding hydrogens is 709 g/mol. The predicted octanol–water partition coefficient (Wildman–Crippen LogP) is 10.4. The van der Waals surface area contributed by atoms with E-state index in [1.54, 1.807) is 12.1 Å². The number of ether oxygens (including phenoxy) is 1. The third-order valence-electron chi connectivity index (χ3n) is 9.78. The molecule has 10 nitrogen and oxygen atoms in total. The molecule has 54 heavy (non-hydrogen) atoms. The first-order valence-electron chi connectivity index (χ1n) is 17.4. The predicted molar refractivity (Wildman–Crippen MR) is 204 cm³/mol. The molecule has 276 valence electrons. The topological polar surface area (TPSA) is 139 Å². The van der Waals surface area contributed by atoms with Gasteiger partial charge in [0.05, 0.1) is 27.9 Å². The Labute approximate surface area is 312 Å². The fourth-order valence-corrected chi connectivity index (χ4v) is 7.83. The van der Waals surface area contributed by atoms with E-state index in [0.29, 0.717) is 11.2 Å². The van der Waals surface area contributed by atoms with Gasteiger partial charge in [0.2, 0.25) is 0 Å². The highest BCUT2D eigenvalue weighted by atomic mass is 32.2. The molecule has 6 aromatic rings. The number of fused-ring (bicyclic) bond motifs is 1. The Kier molecular flexibility index (Phi) is 10.6. The third kappa shape index (κ3) is 7.57.